The highest BCUT2D eigenvalue weighted by molar-refractivity contribution is 5.81. The lowest BCUT2D eigenvalue weighted by molar-refractivity contribution is -0.137. The molecule has 5 aromatic rings. The Morgan fingerprint density at radius 2 is 1.79 bits per heavy atom. The van der Waals surface area contributed by atoms with E-state index in [1.54, 1.807) is 24.7 Å². The fourth-order valence-corrected chi connectivity index (χ4v) is 3.44. The van der Waals surface area contributed by atoms with Gasteiger partial charge in [0, 0.05) is 35.4 Å². The number of hydrogen-bond acceptors (Lipinski definition) is 5. The van der Waals surface area contributed by atoms with Crippen molar-refractivity contribution < 1.29 is 13.2 Å². The van der Waals surface area contributed by atoms with Crippen LogP contribution in [0, 0.1) is 6.92 Å². The molecule has 5 rings (SSSR count). The molecule has 0 radical (unpaired) electrons. The third-order valence-electron chi connectivity index (χ3n) is 5.18. The van der Waals surface area contributed by atoms with Crippen molar-refractivity contribution in [1.29, 1.82) is 0 Å². The van der Waals surface area contributed by atoms with E-state index >= 15 is 0 Å². The maximum atomic E-state index is 13.0. The summed E-state index contributed by atoms with van der Waals surface area (Å²) >= 11 is 0. The van der Waals surface area contributed by atoms with E-state index in [0.29, 0.717) is 22.8 Å². The summed E-state index contributed by atoms with van der Waals surface area (Å²) in [6.45, 7) is 1.94. The van der Waals surface area contributed by atoms with Crippen LogP contribution in [0.4, 0.5) is 24.8 Å². The molecule has 0 aliphatic carbocycles. The summed E-state index contributed by atoms with van der Waals surface area (Å²) in [5.74, 6) is 0.883. The summed E-state index contributed by atoms with van der Waals surface area (Å²) in [5.41, 5.74) is 4.08. The maximum Gasteiger partial charge on any atom is 0.416 e. The number of nitrogens with zero attached hydrogens (tertiary/aromatic N) is 4. The van der Waals surface area contributed by atoms with Crippen LogP contribution in [-0.2, 0) is 6.18 Å². The van der Waals surface area contributed by atoms with Crippen LogP contribution in [-0.4, -0.2) is 24.9 Å². The van der Waals surface area contributed by atoms with Crippen LogP contribution in [0.3, 0.4) is 0 Å². The number of aryl methyl sites for hydroxylation is 1. The number of nitrogens with one attached hydrogen (secondary N) is 2. The number of pyridine rings is 1. The van der Waals surface area contributed by atoms with Gasteiger partial charge in [-0.1, -0.05) is 12.1 Å². The minimum Gasteiger partial charge on any atom is -0.338 e. The average molecular weight is 446 g/mol. The number of aromatic amines is 1. The van der Waals surface area contributed by atoms with Crippen molar-refractivity contribution in [1.82, 2.24) is 24.9 Å². The second-order valence-corrected chi connectivity index (χ2v) is 7.48. The number of anilines is 2. The van der Waals surface area contributed by atoms with E-state index in [1.165, 1.54) is 6.07 Å². The summed E-state index contributed by atoms with van der Waals surface area (Å²) < 4.78 is 39.1. The molecule has 2 aromatic carbocycles. The molecular weight excluding hydrogens is 429 g/mol. The number of halogens is 3. The largest absolute Gasteiger partial charge is 0.416 e. The van der Waals surface area contributed by atoms with Crippen molar-refractivity contribution in [3.05, 3.63) is 84.3 Å². The van der Waals surface area contributed by atoms with E-state index in [4.69, 9.17) is 0 Å². The Hall–Kier alpha value is -4.27. The van der Waals surface area contributed by atoms with Gasteiger partial charge in [-0.05, 0) is 55.0 Å². The van der Waals surface area contributed by atoms with Crippen molar-refractivity contribution in [3.63, 3.8) is 0 Å². The Balaban J connectivity index is 1.47. The van der Waals surface area contributed by atoms with E-state index in [-0.39, 0.29) is 0 Å². The predicted octanol–water partition coefficient (Wildman–Crippen LogP) is 6.15. The molecule has 0 atom stereocenters. The second kappa shape index (κ2) is 8.01. The molecule has 9 heteroatoms. The predicted molar refractivity (Wildman–Crippen MR) is 120 cm³/mol. The normalized spacial score (nSPS) is 11.6. The Kier molecular flexibility index (Phi) is 5.01. The molecule has 0 fully saturated rings. The van der Waals surface area contributed by atoms with Gasteiger partial charge in [0.25, 0.3) is 0 Å². The maximum absolute atomic E-state index is 13.0. The molecule has 6 nitrogen and oxygen atoms in total. The number of benzene rings is 2. The highest BCUT2D eigenvalue weighted by Gasteiger charge is 2.30. The molecule has 3 aromatic heterocycles. The molecule has 0 spiro atoms. The Morgan fingerprint density at radius 1 is 0.909 bits per heavy atom. The van der Waals surface area contributed by atoms with Gasteiger partial charge < -0.3 is 10.3 Å². The lowest BCUT2D eigenvalue weighted by atomic mass is 10.1. The molecule has 0 aliphatic rings. The van der Waals surface area contributed by atoms with Gasteiger partial charge in [0.05, 0.1) is 22.3 Å². The van der Waals surface area contributed by atoms with Gasteiger partial charge in [0.15, 0.2) is 0 Å². The Morgan fingerprint density at radius 3 is 2.58 bits per heavy atom. The first-order valence-corrected chi connectivity index (χ1v) is 10.1. The van der Waals surface area contributed by atoms with Crippen LogP contribution in [0.25, 0.3) is 33.7 Å². The molecular formula is C24H17F3N6. The SMILES string of the molecule is Cc1ccc(-c2nc3ccc(C(F)(F)F)cc3[nH]2)cc1Nc1nccc(-c2cccnc2)n1. The first-order chi connectivity index (χ1) is 15.9. The molecule has 0 aliphatic heterocycles. The Labute approximate surface area is 186 Å². The molecule has 0 bridgehead atoms. The lowest BCUT2D eigenvalue weighted by Gasteiger charge is -2.10. The van der Waals surface area contributed by atoms with Gasteiger partial charge in [-0.2, -0.15) is 13.2 Å². The number of alkyl halides is 3. The Bertz CT molecular complexity index is 1440. The van der Waals surface area contributed by atoms with Crippen LogP contribution < -0.4 is 5.32 Å². The number of H-pyrrole nitrogens is 1. The van der Waals surface area contributed by atoms with Gasteiger partial charge in [-0.15, -0.1) is 0 Å². The summed E-state index contributed by atoms with van der Waals surface area (Å²) in [6, 6.07) is 14.6. The van der Waals surface area contributed by atoms with Gasteiger partial charge in [-0.3, -0.25) is 4.98 Å². The third-order valence-corrected chi connectivity index (χ3v) is 5.18. The first-order valence-electron chi connectivity index (χ1n) is 10.1. The van der Waals surface area contributed by atoms with Gasteiger partial charge in [-0.25, -0.2) is 15.0 Å². The summed E-state index contributed by atoms with van der Waals surface area (Å²) in [6.07, 6.45) is 0.670. The molecule has 33 heavy (non-hydrogen) atoms. The van der Waals surface area contributed by atoms with Crippen LogP contribution in [0.2, 0.25) is 0 Å². The summed E-state index contributed by atoms with van der Waals surface area (Å²) in [7, 11) is 0. The van der Waals surface area contributed by atoms with E-state index < -0.39 is 11.7 Å². The highest BCUT2D eigenvalue weighted by Crippen LogP contribution is 2.32. The van der Waals surface area contributed by atoms with Crippen LogP contribution in [0.5, 0.6) is 0 Å². The number of rotatable bonds is 4. The van der Waals surface area contributed by atoms with Crippen molar-refractivity contribution in [2.75, 3.05) is 5.32 Å². The van der Waals surface area contributed by atoms with Gasteiger partial charge >= 0.3 is 6.18 Å². The summed E-state index contributed by atoms with van der Waals surface area (Å²) in [4.78, 5) is 20.4. The van der Waals surface area contributed by atoms with Crippen LogP contribution in [0.1, 0.15) is 11.1 Å². The zero-order chi connectivity index (χ0) is 23.0. The van der Waals surface area contributed by atoms with Crippen molar-refractivity contribution >= 4 is 22.7 Å². The average Bonchev–Trinajstić information content (AvgIpc) is 3.24. The number of hydrogen-bond donors (Lipinski definition) is 2. The molecule has 0 amide bonds. The van der Waals surface area contributed by atoms with Crippen molar-refractivity contribution in [2.45, 2.75) is 13.1 Å². The number of aromatic nitrogens is 5. The second-order valence-electron chi connectivity index (χ2n) is 7.48. The van der Waals surface area contributed by atoms with Crippen molar-refractivity contribution in [2.24, 2.45) is 0 Å². The minimum absolute atomic E-state index is 0.322. The zero-order valence-electron chi connectivity index (χ0n) is 17.4. The van der Waals surface area contributed by atoms with Crippen LogP contribution >= 0.6 is 0 Å². The highest BCUT2D eigenvalue weighted by atomic mass is 19.4. The molecule has 0 saturated carbocycles. The molecule has 3 heterocycles. The molecule has 0 saturated heterocycles. The third kappa shape index (κ3) is 4.25. The fraction of sp³-hybridized carbons (Fsp3) is 0.0833. The van der Waals surface area contributed by atoms with E-state index in [1.807, 2.05) is 37.3 Å². The van der Waals surface area contributed by atoms with E-state index in [0.717, 1.165) is 40.2 Å². The zero-order valence-corrected chi connectivity index (χ0v) is 17.4. The van der Waals surface area contributed by atoms with Gasteiger partial charge in [0.2, 0.25) is 5.95 Å². The monoisotopic (exact) mass is 446 g/mol. The van der Waals surface area contributed by atoms with Gasteiger partial charge in [0.1, 0.15) is 5.82 Å². The van der Waals surface area contributed by atoms with E-state index in [2.05, 4.69) is 30.2 Å². The standard InChI is InChI=1S/C24H17F3N6/c1-14-4-5-15(22-30-19-7-6-17(24(25,26)27)12-21(19)31-22)11-20(14)33-23-29-10-8-18(32-23)16-3-2-9-28-13-16/h2-13H,1H3,(H,30,31)(H,29,32,33). The quantitative estimate of drug-likeness (QED) is 0.346. The molecule has 164 valence electrons. The fourth-order valence-electron chi connectivity index (χ4n) is 3.44. The molecule has 2 N–H and O–H groups in total. The van der Waals surface area contributed by atoms with Crippen LogP contribution in [0.15, 0.2) is 73.2 Å². The first kappa shape index (κ1) is 20.6. The smallest absolute Gasteiger partial charge is 0.338 e. The summed E-state index contributed by atoms with van der Waals surface area (Å²) in [5, 5.41) is 3.22. The number of fused-ring (bicyclic) bond motifs is 1. The lowest BCUT2D eigenvalue weighted by Crippen LogP contribution is -2.04. The number of imidazole rings is 1. The van der Waals surface area contributed by atoms with Crippen molar-refractivity contribution in [3.8, 4) is 22.6 Å². The van der Waals surface area contributed by atoms with E-state index in [9.17, 15) is 13.2 Å². The topological polar surface area (TPSA) is 79.4 Å². The molecule has 0 unspecified atom stereocenters. The minimum atomic E-state index is -4.41.